The van der Waals surface area contributed by atoms with Gasteiger partial charge in [0.05, 0.1) is 39.8 Å². The number of pyridine rings is 1. The lowest BCUT2D eigenvalue weighted by Gasteiger charge is -2.23. The van der Waals surface area contributed by atoms with Crippen LogP contribution in [0, 0.1) is 26.7 Å². The number of halogens is 3. The number of aliphatic hydroxyl groups is 3. The second kappa shape index (κ2) is 11.6. The van der Waals surface area contributed by atoms with Crippen molar-refractivity contribution in [1.29, 1.82) is 0 Å². The number of benzene rings is 1. The van der Waals surface area contributed by atoms with E-state index in [1.54, 1.807) is 19.9 Å². The number of aromatic nitrogens is 4. The Bertz CT molecular complexity index is 1600. The van der Waals surface area contributed by atoms with Crippen LogP contribution in [0.1, 0.15) is 42.0 Å². The molecule has 3 heterocycles. The molecule has 5 N–H and O–H groups in total. The average Bonchev–Trinajstić information content (AvgIpc) is 3.44. The zero-order valence-corrected chi connectivity index (χ0v) is 24.1. The van der Waals surface area contributed by atoms with Gasteiger partial charge in [0.2, 0.25) is 5.95 Å². The van der Waals surface area contributed by atoms with Crippen LogP contribution in [0.3, 0.4) is 0 Å². The predicted octanol–water partition coefficient (Wildman–Crippen LogP) is 4.66. The van der Waals surface area contributed by atoms with E-state index in [0.29, 0.717) is 22.1 Å². The molecule has 14 heteroatoms. The SMILES string of the molecule is Cc1cc2sc(-c3c(C)nc(N[C@H](C)c4ccccc4OC(F)(F)F)nc3N[C@@H]3C[C@H](CO)[C@@H](O)[C@H]3O)nc2c(C)n1. The number of ether oxygens (including phenoxy) is 1. The molecule has 224 valence electrons. The quantitative estimate of drug-likeness (QED) is 0.193. The van der Waals surface area contributed by atoms with E-state index < -0.39 is 36.6 Å². The maximum atomic E-state index is 13.0. The summed E-state index contributed by atoms with van der Waals surface area (Å²) in [6.45, 7) is 6.91. The summed E-state index contributed by atoms with van der Waals surface area (Å²) < 4.78 is 44.2. The van der Waals surface area contributed by atoms with E-state index in [1.165, 1.54) is 29.5 Å². The van der Waals surface area contributed by atoms with Gasteiger partial charge in [-0.05, 0) is 46.2 Å². The number of aryl methyl sites for hydroxylation is 3. The summed E-state index contributed by atoms with van der Waals surface area (Å²) in [6.07, 6.45) is -6.87. The molecule has 1 saturated carbocycles. The molecule has 42 heavy (non-hydrogen) atoms. The molecule has 0 radical (unpaired) electrons. The smallest absolute Gasteiger partial charge is 0.405 e. The van der Waals surface area contributed by atoms with Crippen molar-refractivity contribution >= 4 is 33.3 Å². The van der Waals surface area contributed by atoms with Crippen LogP contribution in [0.15, 0.2) is 30.3 Å². The summed E-state index contributed by atoms with van der Waals surface area (Å²) in [4.78, 5) is 18.6. The number of aliphatic hydroxyl groups excluding tert-OH is 3. The normalized spacial score (nSPS) is 21.5. The fourth-order valence-corrected chi connectivity index (χ4v) is 6.50. The maximum Gasteiger partial charge on any atom is 0.573 e. The number of fused-ring (bicyclic) bond motifs is 1. The molecule has 10 nitrogen and oxygen atoms in total. The third kappa shape index (κ3) is 6.11. The first-order valence-corrected chi connectivity index (χ1v) is 14.1. The second-order valence-electron chi connectivity index (χ2n) is 10.4. The number of rotatable bonds is 8. The Labute approximate surface area is 243 Å². The lowest BCUT2D eigenvalue weighted by molar-refractivity contribution is -0.274. The molecule has 1 aliphatic carbocycles. The summed E-state index contributed by atoms with van der Waals surface area (Å²) in [6, 6.07) is 6.42. The highest BCUT2D eigenvalue weighted by atomic mass is 32.1. The molecule has 1 aliphatic rings. The molecule has 4 aromatic rings. The van der Waals surface area contributed by atoms with E-state index in [9.17, 15) is 28.5 Å². The molecule has 1 fully saturated rings. The van der Waals surface area contributed by atoms with Crippen molar-refractivity contribution in [3.63, 3.8) is 0 Å². The highest BCUT2D eigenvalue weighted by molar-refractivity contribution is 7.21. The number of anilines is 2. The number of nitrogens with zero attached hydrogens (tertiary/aromatic N) is 4. The first-order chi connectivity index (χ1) is 19.8. The van der Waals surface area contributed by atoms with Gasteiger partial charge in [-0.1, -0.05) is 18.2 Å². The van der Waals surface area contributed by atoms with Crippen molar-refractivity contribution in [2.75, 3.05) is 17.2 Å². The van der Waals surface area contributed by atoms with Crippen LogP contribution in [0.25, 0.3) is 20.8 Å². The molecule has 0 spiro atoms. The fraction of sp³-hybridized carbons (Fsp3) is 0.429. The van der Waals surface area contributed by atoms with Crippen molar-refractivity contribution in [2.45, 2.75) is 64.8 Å². The van der Waals surface area contributed by atoms with Crippen molar-refractivity contribution in [3.05, 3.63) is 53.0 Å². The highest BCUT2D eigenvalue weighted by Crippen LogP contribution is 2.39. The average molecular weight is 605 g/mol. The minimum absolute atomic E-state index is 0.120. The van der Waals surface area contributed by atoms with Gasteiger partial charge in [0, 0.05) is 23.8 Å². The van der Waals surface area contributed by atoms with Gasteiger partial charge in [-0.15, -0.1) is 24.5 Å². The van der Waals surface area contributed by atoms with Crippen LogP contribution in [-0.4, -0.2) is 66.5 Å². The van der Waals surface area contributed by atoms with Crippen LogP contribution in [-0.2, 0) is 0 Å². The van der Waals surface area contributed by atoms with Gasteiger partial charge in [0.15, 0.2) is 0 Å². The van der Waals surface area contributed by atoms with Crippen molar-refractivity contribution in [3.8, 4) is 16.3 Å². The summed E-state index contributed by atoms with van der Waals surface area (Å²) in [5.41, 5.74) is 3.70. The fourth-order valence-electron chi connectivity index (χ4n) is 5.28. The number of para-hydroxylation sites is 1. The van der Waals surface area contributed by atoms with Gasteiger partial charge in [0.25, 0.3) is 0 Å². The lowest BCUT2D eigenvalue weighted by atomic mass is 10.1. The first-order valence-electron chi connectivity index (χ1n) is 13.3. The van der Waals surface area contributed by atoms with Crippen molar-refractivity contribution in [2.24, 2.45) is 5.92 Å². The van der Waals surface area contributed by atoms with Crippen LogP contribution in [0.2, 0.25) is 0 Å². The van der Waals surface area contributed by atoms with E-state index in [2.05, 4.69) is 30.3 Å². The highest BCUT2D eigenvalue weighted by Gasteiger charge is 2.41. The molecule has 5 atom stereocenters. The first kappa shape index (κ1) is 29.9. The Morgan fingerprint density at radius 3 is 2.48 bits per heavy atom. The number of hydrogen-bond acceptors (Lipinski definition) is 11. The molecule has 3 aromatic heterocycles. The van der Waals surface area contributed by atoms with Crippen LogP contribution in [0.4, 0.5) is 24.9 Å². The summed E-state index contributed by atoms with van der Waals surface area (Å²) >= 11 is 1.43. The number of hydrogen-bond donors (Lipinski definition) is 5. The van der Waals surface area contributed by atoms with Gasteiger partial charge in [-0.25, -0.2) is 9.97 Å². The minimum Gasteiger partial charge on any atom is -0.405 e. The Kier molecular flexibility index (Phi) is 8.25. The molecule has 0 unspecified atom stereocenters. The number of thiazole rings is 1. The van der Waals surface area contributed by atoms with E-state index in [0.717, 1.165) is 21.6 Å². The largest absolute Gasteiger partial charge is 0.573 e. The Morgan fingerprint density at radius 1 is 1.05 bits per heavy atom. The zero-order valence-electron chi connectivity index (χ0n) is 23.3. The van der Waals surface area contributed by atoms with Crippen molar-refractivity contribution < 1.29 is 33.2 Å². The molecule has 1 aromatic carbocycles. The summed E-state index contributed by atoms with van der Waals surface area (Å²) in [5, 5.41) is 37.7. The van der Waals surface area contributed by atoms with Gasteiger partial charge in [-0.3, -0.25) is 4.98 Å². The maximum absolute atomic E-state index is 13.0. The summed E-state index contributed by atoms with van der Waals surface area (Å²) in [7, 11) is 0. The van der Waals surface area contributed by atoms with Crippen LogP contribution in [0.5, 0.6) is 5.75 Å². The third-order valence-corrected chi connectivity index (χ3v) is 8.32. The molecular weight excluding hydrogens is 573 g/mol. The molecule has 0 saturated heterocycles. The molecule has 0 amide bonds. The zero-order chi connectivity index (χ0) is 30.3. The lowest BCUT2D eigenvalue weighted by Crippen LogP contribution is -2.35. The number of nitrogens with one attached hydrogen (secondary N) is 2. The Hall–Kier alpha value is -3.59. The topological polar surface area (TPSA) is 146 Å². The van der Waals surface area contributed by atoms with Gasteiger partial charge in [-0.2, -0.15) is 4.98 Å². The van der Waals surface area contributed by atoms with E-state index in [-0.39, 0.29) is 30.3 Å². The monoisotopic (exact) mass is 604 g/mol. The van der Waals surface area contributed by atoms with E-state index in [1.807, 2.05) is 19.9 Å². The third-order valence-electron chi connectivity index (χ3n) is 7.30. The Morgan fingerprint density at radius 2 is 1.79 bits per heavy atom. The minimum atomic E-state index is -4.86. The van der Waals surface area contributed by atoms with E-state index in [4.69, 9.17) is 4.98 Å². The van der Waals surface area contributed by atoms with Gasteiger partial charge in [0.1, 0.15) is 28.2 Å². The standard InChI is InChI=1S/C28H31F3N6O4S/c1-12-9-20-22(15(4)32-12)36-26(42-20)21-14(3)34-27(37-25(21)35-18-10-16(11-38)23(39)24(18)40)33-13(2)17-7-5-6-8-19(17)41-28(29,30)31/h5-9,13,16,18,23-24,38-40H,10-11H2,1-4H3,(H2,33,34,35,37)/t13-,16-,18-,23-,24+/m1/s1. The second-order valence-corrected chi connectivity index (χ2v) is 11.5. The molecule has 5 rings (SSSR count). The van der Waals surface area contributed by atoms with Crippen molar-refractivity contribution in [1.82, 2.24) is 19.9 Å². The molecule has 0 aliphatic heterocycles. The van der Waals surface area contributed by atoms with Crippen LogP contribution < -0.4 is 15.4 Å². The Balaban J connectivity index is 1.55. The summed E-state index contributed by atoms with van der Waals surface area (Å²) in [5.74, 6) is -0.433. The van der Waals surface area contributed by atoms with Gasteiger partial charge < -0.3 is 30.7 Å². The molecule has 0 bridgehead atoms. The van der Waals surface area contributed by atoms with Crippen LogP contribution >= 0.6 is 11.3 Å². The predicted molar refractivity (Wildman–Crippen MR) is 152 cm³/mol. The number of alkyl halides is 3. The molecular formula is C28H31F3N6O4S. The van der Waals surface area contributed by atoms with E-state index >= 15 is 0 Å². The van der Waals surface area contributed by atoms with Gasteiger partial charge >= 0.3 is 6.36 Å².